The molecule has 0 atom stereocenters. The molecule has 13 heteroatoms. The van der Waals surface area contributed by atoms with Crippen LogP contribution in [0.1, 0.15) is 61.1 Å². The maximum absolute atomic E-state index is 10.3. The van der Waals surface area contributed by atoms with Crippen LogP contribution in [-0.4, -0.2) is 15.1 Å². The average molecular weight is 882 g/mol. The maximum atomic E-state index is 10.3. The van der Waals surface area contributed by atoms with Gasteiger partial charge >= 0.3 is 0 Å². The second-order valence-corrected chi connectivity index (χ2v) is 15.6. The predicted octanol–water partition coefficient (Wildman–Crippen LogP) is 14.6. The molecule has 0 radical (unpaired) electrons. The van der Waals surface area contributed by atoms with Crippen molar-refractivity contribution in [2.75, 3.05) is 0 Å². The third kappa shape index (κ3) is 12.0. The second kappa shape index (κ2) is 21.4. The fourth-order valence-electron chi connectivity index (χ4n) is 6.58. The number of rotatable bonds is 9. The summed E-state index contributed by atoms with van der Waals surface area (Å²) in [4.78, 5) is 22.5. The van der Waals surface area contributed by atoms with Gasteiger partial charge in [0.05, 0.1) is 42.3 Å². The van der Waals surface area contributed by atoms with E-state index in [-0.39, 0.29) is 50.6 Å². The maximum Gasteiger partial charge on any atom is 0.256 e. The molecule has 7 aromatic carbocycles. The Labute approximate surface area is 388 Å². The van der Waals surface area contributed by atoms with Gasteiger partial charge in [-0.25, -0.2) is 9.69 Å². The van der Waals surface area contributed by atoms with E-state index in [0.717, 1.165) is 28.3 Å². The molecule has 0 aliphatic rings. The van der Waals surface area contributed by atoms with Gasteiger partial charge in [-0.3, -0.25) is 19.8 Å². The largest absolute Gasteiger partial charge is 0.508 e. The Hall–Kier alpha value is -9.92. The van der Waals surface area contributed by atoms with Gasteiger partial charge in [-0.2, -0.15) is 10.5 Å². The minimum Gasteiger partial charge on any atom is -0.508 e. The monoisotopic (exact) mass is 881 g/mol. The van der Waals surface area contributed by atoms with E-state index in [4.69, 9.17) is 41.0 Å². The van der Waals surface area contributed by atoms with E-state index >= 15 is 0 Å². The summed E-state index contributed by atoms with van der Waals surface area (Å²) < 4.78 is 11.8. The van der Waals surface area contributed by atoms with E-state index in [2.05, 4.69) is 47.1 Å². The molecule has 0 aliphatic heterocycles. The first-order chi connectivity index (χ1) is 32.1. The van der Waals surface area contributed by atoms with Crippen molar-refractivity contribution in [3.05, 3.63) is 241 Å². The van der Waals surface area contributed by atoms with Crippen molar-refractivity contribution in [1.29, 1.82) is 10.5 Å². The van der Waals surface area contributed by atoms with Crippen LogP contribution in [0.4, 0.5) is 28.4 Å². The summed E-state index contributed by atoms with van der Waals surface area (Å²) in [5, 5.41) is 47.2. The Bertz CT molecular complexity index is 3010. The zero-order valence-corrected chi connectivity index (χ0v) is 36.6. The molecule has 13 nitrogen and oxygen atoms in total. The van der Waals surface area contributed by atoms with E-state index in [1.165, 1.54) is 12.1 Å². The molecule has 7 aromatic rings. The lowest BCUT2D eigenvalue weighted by Crippen LogP contribution is -2.18. The molecule has 0 fully saturated rings. The van der Waals surface area contributed by atoms with Gasteiger partial charge < -0.3 is 19.7 Å². The highest BCUT2D eigenvalue weighted by atomic mass is 16.6. The number of ether oxygens (including phenoxy) is 2. The van der Waals surface area contributed by atoms with E-state index in [9.17, 15) is 25.6 Å². The van der Waals surface area contributed by atoms with Crippen molar-refractivity contribution in [1.82, 2.24) is 0 Å². The van der Waals surface area contributed by atoms with Gasteiger partial charge in [-0.15, -0.1) is 0 Å². The van der Waals surface area contributed by atoms with Crippen LogP contribution < -0.4 is 9.47 Å². The van der Waals surface area contributed by atoms with Crippen LogP contribution in [0.15, 0.2) is 152 Å². The normalized spacial score (nSPS) is 10.2. The number of phenols is 2. The van der Waals surface area contributed by atoms with Crippen LogP contribution in [0, 0.1) is 59.1 Å². The Kier molecular flexibility index (Phi) is 15.4. The van der Waals surface area contributed by atoms with Gasteiger partial charge in [0.1, 0.15) is 46.6 Å². The van der Waals surface area contributed by atoms with Crippen molar-refractivity contribution in [2.24, 2.45) is 0 Å². The lowest BCUT2D eigenvalue weighted by Gasteiger charge is -2.26. The molecule has 67 heavy (non-hydrogen) atoms. The van der Waals surface area contributed by atoms with Crippen molar-refractivity contribution < 1.29 is 24.6 Å². The number of nitro benzene ring substituents is 1. The Balaban J connectivity index is 0.000000229. The molecule has 0 spiro atoms. The van der Waals surface area contributed by atoms with E-state index in [1.54, 1.807) is 60.7 Å². The number of aromatic hydroxyl groups is 2. The molecule has 2 N–H and O–H groups in total. The lowest BCUT2D eigenvalue weighted by molar-refractivity contribution is -0.384. The Morgan fingerprint density at radius 2 is 0.821 bits per heavy atom. The first kappa shape index (κ1) is 48.1. The van der Waals surface area contributed by atoms with Crippen molar-refractivity contribution >= 4 is 28.4 Å². The van der Waals surface area contributed by atoms with Crippen molar-refractivity contribution in [3.8, 4) is 46.6 Å². The molecule has 0 aliphatic carbocycles. The molecule has 0 unspecified atom stereocenters. The summed E-state index contributed by atoms with van der Waals surface area (Å²) in [6.07, 6.45) is 0. The molecule has 7 rings (SSSR count). The topological polar surface area (TPSA) is 167 Å². The fourth-order valence-corrected chi connectivity index (χ4v) is 6.58. The molecule has 0 saturated carbocycles. The number of hydrogen-bond acceptors (Lipinski definition) is 8. The standard InChI is InChI=1S/C31H20N4O2.C15H16O2.C8H3N3O2/c1-31(2,23-6-11-25(12-7-23)36-27-10-5-21(19-32)22(17-27)20-33)24-8-13-26(14-9-24)37-28-15-16-29(34-3)30(18-28)35-4;1-15(2,11-3-7-13(16)8-4-11)12-5-9-14(17)10-6-12;1-9-7-4-3-6(11(12)13)5-8(7)10-2/h5-18H,1-2H3;3-10,16-17H,1-2H3;3-5H. The summed E-state index contributed by atoms with van der Waals surface area (Å²) in [6, 6.07) is 47.2. The van der Waals surface area contributed by atoms with Gasteiger partial charge in [0.2, 0.25) is 5.69 Å². The number of benzene rings is 7. The number of non-ortho nitro benzene ring substituents is 1. The minimum absolute atomic E-state index is 0.0178. The summed E-state index contributed by atoms with van der Waals surface area (Å²) in [5.41, 5.74) is 5.13. The van der Waals surface area contributed by atoms with Crippen LogP contribution >= 0.6 is 0 Å². The summed E-state index contributed by atoms with van der Waals surface area (Å²) in [7, 11) is 0. The number of hydrogen-bond donors (Lipinski definition) is 2. The fraction of sp³-hybridized carbons (Fsp3) is 0.111. The van der Waals surface area contributed by atoms with Crippen LogP contribution in [0.5, 0.6) is 34.5 Å². The van der Waals surface area contributed by atoms with E-state index < -0.39 is 4.92 Å². The zero-order valence-electron chi connectivity index (χ0n) is 36.6. The first-order valence-electron chi connectivity index (χ1n) is 20.1. The van der Waals surface area contributed by atoms with Gasteiger partial charge in [0.25, 0.3) is 5.69 Å². The quantitative estimate of drug-likeness (QED) is 0.0820. The zero-order chi connectivity index (χ0) is 48.7. The van der Waals surface area contributed by atoms with Gasteiger partial charge in [-0.05, 0) is 101 Å². The van der Waals surface area contributed by atoms with Crippen LogP contribution in [0.25, 0.3) is 19.4 Å². The minimum atomic E-state index is -0.595. The SMILES string of the molecule is CC(C)(c1ccc(O)cc1)c1ccc(O)cc1.[C-]#[N+]c1ccc(Oc2ccc(C(C)(C)c3ccc(Oc4ccc(C#N)c(C#N)c4)cc3)cc2)cc1[N+]#[C-].[C-]#[N+]c1ccc([N+](=O)[O-])cc1[N+]#[C-]. The highest BCUT2D eigenvalue weighted by molar-refractivity contribution is 5.73. The van der Waals surface area contributed by atoms with E-state index in [1.807, 2.05) is 84.9 Å². The lowest BCUT2D eigenvalue weighted by atomic mass is 9.78. The molecule has 0 bridgehead atoms. The molecule has 326 valence electrons. The van der Waals surface area contributed by atoms with Crippen molar-refractivity contribution in [3.63, 3.8) is 0 Å². The molecular weight excluding hydrogens is 843 g/mol. The molecule has 0 aromatic heterocycles. The molecular formula is C54H39N7O6. The van der Waals surface area contributed by atoms with Crippen LogP contribution in [0.2, 0.25) is 0 Å². The number of nitro groups is 1. The number of phenolic OH excluding ortho intramolecular Hbond substituents is 2. The highest BCUT2D eigenvalue weighted by Crippen LogP contribution is 2.38. The Morgan fingerprint density at radius 1 is 0.478 bits per heavy atom. The van der Waals surface area contributed by atoms with E-state index in [0.29, 0.717) is 34.2 Å². The summed E-state index contributed by atoms with van der Waals surface area (Å²) in [5.74, 6) is 2.80. The highest BCUT2D eigenvalue weighted by Gasteiger charge is 2.24. The van der Waals surface area contributed by atoms with Gasteiger partial charge in [0, 0.05) is 23.0 Å². The smallest absolute Gasteiger partial charge is 0.256 e. The Morgan fingerprint density at radius 3 is 1.21 bits per heavy atom. The molecule has 0 heterocycles. The number of nitriles is 2. The second-order valence-electron chi connectivity index (χ2n) is 15.6. The number of nitrogens with zero attached hydrogens (tertiary/aromatic N) is 7. The van der Waals surface area contributed by atoms with Crippen LogP contribution in [0.3, 0.4) is 0 Å². The molecule has 0 amide bonds. The third-order valence-corrected chi connectivity index (χ3v) is 10.6. The third-order valence-electron chi connectivity index (χ3n) is 10.6. The first-order valence-corrected chi connectivity index (χ1v) is 20.1. The van der Waals surface area contributed by atoms with Gasteiger partial charge in [0.15, 0.2) is 17.1 Å². The average Bonchev–Trinajstić information content (AvgIpc) is 3.34. The van der Waals surface area contributed by atoms with Crippen molar-refractivity contribution in [2.45, 2.75) is 38.5 Å². The van der Waals surface area contributed by atoms with Crippen LogP contribution in [-0.2, 0) is 10.8 Å². The predicted molar refractivity (Wildman–Crippen MR) is 254 cm³/mol. The summed E-state index contributed by atoms with van der Waals surface area (Å²) >= 11 is 0. The summed E-state index contributed by atoms with van der Waals surface area (Å²) in [6.45, 7) is 36.2. The molecule has 0 saturated heterocycles. The van der Waals surface area contributed by atoms with Gasteiger partial charge in [-0.1, -0.05) is 88.4 Å².